The molecule has 0 bridgehead atoms. The van der Waals surface area contributed by atoms with Crippen molar-refractivity contribution in [3.8, 4) is 0 Å². The van der Waals surface area contributed by atoms with E-state index in [4.69, 9.17) is 0 Å². The first-order chi connectivity index (χ1) is 13.9. The molecule has 0 saturated carbocycles. The number of benzene rings is 2. The van der Waals surface area contributed by atoms with E-state index in [-0.39, 0.29) is 36.0 Å². The molecule has 0 aliphatic carbocycles. The third kappa shape index (κ3) is 7.20. The molecule has 2 amide bonds. The molecule has 2 rings (SSSR count). The summed E-state index contributed by atoms with van der Waals surface area (Å²) in [6, 6.07) is 15.6. The van der Waals surface area contributed by atoms with Crippen LogP contribution in [0.1, 0.15) is 38.3 Å². The van der Waals surface area contributed by atoms with Crippen LogP contribution >= 0.6 is 11.8 Å². The van der Waals surface area contributed by atoms with Crippen molar-refractivity contribution in [3.63, 3.8) is 0 Å². The van der Waals surface area contributed by atoms with E-state index >= 15 is 0 Å². The number of thioether (sulfide) groups is 1. The Morgan fingerprint density at radius 2 is 1.72 bits per heavy atom. The van der Waals surface area contributed by atoms with Crippen molar-refractivity contribution in [1.82, 2.24) is 10.2 Å². The van der Waals surface area contributed by atoms with Crippen LogP contribution in [0, 0.1) is 5.82 Å². The molecule has 2 aromatic carbocycles. The van der Waals surface area contributed by atoms with Crippen LogP contribution in [-0.2, 0) is 21.9 Å². The van der Waals surface area contributed by atoms with E-state index in [0.717, 1.165) is 12.0 Å². The molecule has 2 atom stereocenters. The number of rotatable bonds is 10. The monoisotopic (exact) mass is 416 g/mol. The summed E-state index contributed by atoms with van der Waals surface area (Å²) in [7, 11) is 0. The van der Waals surface area contributed by atoms with Crippen molar-refractivity contribution < 1.29 is 14.0 Å². The Balaban J connectivity index is 2.08. The largest absolute Gasteiger partial charge is 0.352 e. The van der Waals surface area contributed by atoms with Gasteiger partial charge in [-0.25, -0.2) is 4.39 Å². The van der Waals surface area contributed by atoms with Crippen molar-refractivity contribution in [2.45, 2.75) is 51.6 Å². The molecule has 0 radical (unpaired) electrons. The van der Waals surface area contributed by atoms with Gasteiger partial charge < -0.3 is 10.2 Å². The van der Waals surface area contributed by atoms with Crippen molar-refractivity contribution in [3.05, 3.63) is 71.5 Å². The minimum absolute atomic E-state index is 0.0165. The molecule has 0 aliphatic heterocycles. The van der Waals surface area contributed by atoms with Crippen LogP contribution in [0.25, 0.3) is 0 Å². The van der Waals surface area contributed by atoms with E-state index in [0.29, 0.717) is 11.3 Å². The number of hydrogen-bond donors (Lipinski definition) is 1. The molecule has 4 nitrogen and oxygen atoms in total. The SMILES string of the molecule is CC[C@@H](C)NC(=O)[C@@H](C)N(Cc1ccccc1F)C(=O)CSCc1ccccc1. The molecule has 0 spiro atoms. The lowest BCUT2D eigenvalue weighted by Gasteiger charge is -2.29. The highest BCUT2D eigenvalue weighted by molar-refractivity contribution is 7.99. The molecule has 2 aromatic rings. The van der Waals surface area contributed by atoms with Crippen LogP contribution < -0.4 is 5.32 Å². The zero-order valence-corrected chi connectivity index (χ0v) is 18.0. The van der Waals surface area contributed by atoms with Gasteiger partial charge in [-0.15, -0.1) is 11.8 Å². The van der Waals surface area contributed by atoms with Crippen LogP contribution in [0.2, 0.25) is 0 Å². The summed E-state index contributed by atoms with van der Waals surface area (Å²) in [6.45, 7) is 5.66. The highest BCUT2D eigenvalue weighted by Crippen LogP contribution is 2.17. The minimum atomic E-state index is -0.687. The molecular weight excluding hydrogens is 387 g/mol. The zero-order valence-electron chi connectivity index (χ0n) is 17.2. The van der Waals surface area contributed by atoms with E-state index in [1.807, 2.05) is 44.2 Å². The first-order valence-electron chi connectivity index (χ1n) is 9.87. The Kier molecular flexibility index (Phi) is 9.19. The van der Waals surface area contributed by atoms with Crippen LogP contribution in [0.15, 0.2) is 54.6 Å². The quantitative estimate of drug-likeness (QED) is 0.625. The normalized spacial score (nSPS) is 12.8. The van der Waals surface area contributed by atoms with Crippen molar-refractivity contribution in [1.29, 1.82) is 0 Å². The lowest BCUT2D eigenvalue weighted by atomic mass is 10.1. The Labute approximate surface area is 176 Å². The molecule has 0 aromatic heterocycles. The fraction of sp³-hybridized carbons (Fsp3) is 0.391. The molecule has 0 aliphatic rings. The number of carbonyl (C=O) groups is 2. The van der Waals surface area contributed by atoms with Crippen LogP contribution in [0.4, 0.5) is 4.39 Å². The van der Waals surface area contributed by atoms with Gasteiger partial charge in [-0.1, -0.05) is 55.5 Å². The number of carbonyl (C=O) groups excluding carboxylic acids is 2. The average Bonchev–Trinajstić information content (AvgIpc) is 2.73. The lowest BCUT2D eigenvalue weighted by molar-refractivity contribution is -0.139. The van der Waals surface area contributed by atoms with Gasteiger partial charge in [0.15, 0.2) is 0 Å². The Hall–Kier alpha value is -2.34. The maximum Gasteiger partial charge on any atom is 0.242 e. The van der Waals surface area contributed by atoms with E-state index in [1.54, 1.807) is 25.1 Å². The molecule has 0 fully saturated rings. The summed E-state index contributed by atoms with van der Waals surface area (Å²) in [4.78, 5) is 27.0. The van der Waals surface area contributed by atoms with E-state index in [9.17, 15) is 14.0 Å². The van der Waals surface area contributed by atoms with Crippen molar-refractivity contribution in [2.24, 2.45) is 0 Å². The van der Waals surface area contributed by atoms with Gasteiger partial charge in [-0.3, -0.25) is 9.59 Å². The van der Waals surface area contributed by atoms with Gasteiger partial charge in [0.2, 0.25) is 11.8 Å². The van der Waals surface area contributed by atoms with Gasteiger partial charge in [0.25, 0.3) is 0 Å². The van der Waals surface area contributed by atoms with Crippen LogP contribution in [0.3, 0.4) is 0 Å². The Bertz CT molecular complexity index is 800. The van der Waals surface area contributed by atoms with Gasteiger partial charge in [0.05, 0.1) is 5.75 Å². The highest BCUT2D eigenvalue weighted by Gasteiger charge is 2.27. The summed E-state index contributed by atoms with van der Waals surface area (Å²) < 4.78 is 14.2. The molecule has 0 unspecified atom stereocenters. The van der Waals surface area contributed by atoms with Gasteiger partial charge in [-0.2, -0.15) is 0 Å². The molecule has 29 heavy (non-hydrogen) atoms. The van der Waals surface area contributed by atoms with E-state index in [2.05, 4.69) is 5.32 Å². The summed E-state index contributed by atoms with van der Waals surface area (Å²) in [5.41, 5.74) is 1.53. The third-order valence-electron chi connectivity index (χ3n) is 4.80. The molecule has 6 heteroatoms. The predicted molar refractivity (Wildman–Crippen MR) is 117 cm³/mol. The van der Waals surface area contributed by atoms with Crippen LogP contribution in [0.5, 0.6) is 0 Å². The van der Waals surface area contributed by atoms with E-state index in [1.165, 1.54) is 22.7 Å². The number of halogens is 1. The highest BCUT2D eigenvalue weighted by atomic mass is 32.2. The van der Waals surface area contributed by atoms with Gasteiger partial charge >= 0.3 is 0 Å². The second-order valence-corrected chi connectivity index (χ2v) is 8.07. The molecule has 0 saturated heterocycles. The second-order valence-electron chi connectivity index (χ2n) is 7.09. The molecule has 0 heterocycles. The summed E-state index contributed by atoms with van der Waals surface area (Å²) >= 11 is 1.49. The average molecular weight is 417 g/mol. The standard InChI is InChI=1S/C23H29FN2O2S/c1-4-17(2)25-23(28)18(3)26(14-20-12-8-9-13-21(20)24)22(27)16-29-15-19-10-6-5-7-11-19/h5-13,17-18H,4,14-16H2,1-3H3,(H,25,28)/t17-,18-/m1/s1. The molecule has 156 valence electrons. The predicted octanol–water partition coefficient (Wildman–Crippen LogP) is 4.39. The topological polar surface area (TPSA) is 49.4 Å². The maximum atomic E-state index is 14.2. The van der Waals surface area contributed by atoms with Gasteiger partial charge in [0, 0.05) is 23.9 Å². The smallest absolute Gasteiger partial charge is 0.242 e. The molecular formula is C23H29FN2O2S. The number of amides is 2. The van der Waals surface area contributed by atoms with Crippen molar-refractivity contribution in [2.75, 3.05) is 5.75 Å². The Morgan fingerprint density at radius 3 is 2.38 bits per heavy atom. The maximum absolute atomic E-state index is 14.2. The van der Waals surface area contributed by atoms with E-state index < -0.39 is 6.04 Å². The van der Waals surface area contributed by atoms with Gasteiger partial charge in [0.1, 0.15) is 11.9 Å². The second kappa shape index (κ2) is 11.6. The summed E-state index contributed by atoms with van der Waals surface area (Å²) in [5, 5.41) is 2.91. The lowest BCUT2D eigenvalue weighted by Crippen LogP contribution is -2.50. The fourth-order valence-electron chi connectivity index (χ4n) is 2.77. The molecule has 1 N–H and O–H groups in total. The fourth-order valence-corrected chi connectivity index (χ4v) is 3.64. The summed E-state index contributed by atoms with van der Waals surface area (Å²) in [5.74, 6) is 0.146. The Morgan fingerprint density at radius 1 is 1.07 bits per heavy atom. The first kappa shape index (κ1) is 22.9. The first-order valence-corrected chi connectivity index (χ1v) is 11.0. The minimum Gasteiger partial charge on any atom is -0.352 e. The zero-order chi connectivity index (χ0) is 21.2. The third-order valence-corrected chi connectivity index (χ3v) is 5.79. The number of nitrogens with one attached hydrogen (secondary N) is 1. The summed E-state index contributed by atoms with van der Waals surface area (Å²) in [6.07, 6.45) is 0.798. The number of nitrogens with zero attached hydrogens (tertiary/aromatic N) is 1. The van der Waals surface area contributed by atoms with Gasteiger partial charge in [-0.05, 0) is 31.9 Å². The van der Waals surface area contributed by atoms with Crippen molar-refractivity contribution >= 4 is 23.6 Å². The van der Waals surface area contributed by atoms with Crippen LogP contribution in [-0.4, -0.2) is 34.6 Å². The number of hydrogen-bond acceptors (Lipinski definition) is 3.